The highest BCUT2D eigenvalue weighted by molar-refractivity contribution is 5.17. The monoisotopic (exact) mass is 260 g/mol. The van der Waals surface area contributed by atoms with Crippen LogP contribution in [0.1, 0.15) is 42.0 Å². The lowest BCUT2D eigenvalue weighted by atomic mass is 10.0. The Morgan fingerprint density at radius 1 is 1.42 bits per heavy atom. The Morgan fingerprint density at radius 2 is 2.32 bits per heavy atom. The van der Waals surface area contributed by atoms with Crippen molar-refractivity contribution >= 4 is 0 Å². The molecule has 1 aliphatic heterocycles. The summed E-state index contributed by atoms with van der Waals surface area (Å²) in [5.41, 5.74) is 2.37. The van der Waals surface area contributed by atoms with E-state index in [1.165, 1.54) is 5.56 Å². The predicted molar refractivity (Wildman–Crippen MR) is 72.0 cm³/mol. The van der Waals surface area contributed by atoms with Crippen molar-refractivity contribution in [2.75, 3.05) is 13.1 Å². The van der Waals surface area contributed by atoms with Crippen molar-refractivity contribution in [2.45, 2.75) is 39.2 Å². The first-order valence-corrected chi connectivity index (χ1v) is 6.93. The van der Waals surface area contributed by atoms with Gasteiger partial charge >= 0.3 is 0 Å². The molecule has 4 nitrogen and oxygen atoms in total. The third-order valence-electron chi connectivity index (χ3n) is 3.91. The number of hydrogen-bond acceptors (Lipinski definition) is 4. The minimum absolute atomic E-state index is 0.470. The van der Waals surface area contributed by atoms with Crippen LogP contribution in [0.15, 0.2) is 27.3 Å². The number of aromatic nitrogens is 1. The summed E-state index contributed by atoms with van der Waals surface area (Å²) in [4.78, 5) is 2.46. The van der Waals surface area contributed by atoms with Crippen molar-refractivity contribution < 1.29 is 8.94 Å². The summed E-state index contributed by atoms with van der Waals surface area (Å²) in [7, 11) is 0. The maximum atomic E-state index is 5.69. The van der Waals surface area contributed by atoms with Gasteiger partial charge in [0.15, 0.2) is 0 Å². The molecule has 0 spiro atoms. The molecule has 0 radical (unpaired) electrons. The first-order chi connectivity index (χ1) is 9.22. The van der Waals surface area contributed by atoms with E-state index in [1.807, 2.05) is 13.0 Å². The summed E-state index contributed by atoms with van der Waals surface area (Å²) in [6.45, 7) is 7.35. The van der Waals surface area contributed by atoms with Gasteiger partial charge in [0.25, 0.3) is 0 Å². The van der Waals surface area contributed by atoms with Crippen molar-refractivity contribution in [3.8, 4) is 0 Å². The number of furan rings is 1. The molecule has 0 aromatic carbocycles. The molecule has 0 amide bonds. The zero-order valence-electron chi connectivity index (χ0n) is 11.6. The van der Waals surface area contributed by atoms with Gasteiger partial charge in [-0.2, -0.15) is 0 Å². The Hall–Kier alpha value is -1.55. The van der Waals surface area contributed by atoms with Crippen LogP contribution in [0.5, 0.6) is 0 Å². The fourth-order valence-electron chi connectivity index (χ4n) is 2.63. The largest absolute Gasteiger partial charge is 0.466 e. The quantitative estimate of drug-likeness (QED) is 0.847. The molecule has 1 aliphatic rings. The van der Waals surface area contributed by atoms with Crippen LogP contribution in [0.3, 0.4) is 0 Å². The Labute approximate surface area is 113 Å². The molecular formula is C15H20N2O2. The summed E-state index contributed by atoms with van der Waals surface area (Å²) in [5.74, 6) is 2.56. The Morgan fingerprint density at radius 3 is 3.11 bits per heavy atom. The normalized spacial score (nSPS) is 17.4. The van der Waals surface area contributed by atoms with E-state index in [1.54, 1.807) is 6.26 Å². The van der Waals surface area contributed by atoms with Gasteiger partial charge in [0.2, 0.25) is 0 Å². The third-order valence-corrected chi connectivity index (χ3v) is 3.91. The van der Waals surface area contributed by atoms with Crippen molar-refractivity contribution in [1.82, 2.24) is 10.1 Å². The van der Waals surface area contributed by atoms with Crippen LogP contribution in [0, 0.1) is 6.92 Å². The summed E-state index contributed by atoms with van der Waals surface area (Å²) in [6, 6.07) is 4.13. The summed E-state index contributed by atoms with van der Waals surface area (Å²) < 4.78 is 10.7. The molecule has 2 aromatic rings. The lowest BCUT2D eigenvalue weighted by molar-refractivity contribution is 0.241. The van der Waals surface area contributed by atoms with Gasteiger partial charge in [0, 0.05) is 31.0 Å². The van der Waals surface area contributed by atoms with Gasteiger partial charge in [-0.1, -0.05) is 12.1 Å². The van der Waals surface area contributed by atoms with E-state index in [-0.39, 0.29) is 0 Å². The molecule has 1 atom stereocenters. The Kier molecular flexibility index (Phi) is 3.42. The number of fused-ring (bicyclic) bond motifs is 1. The minimum Gasteiger partial charge on any atom is -0.466 e. The minimum atomic E-state index is 0.470. The number of hydrogen-bond donors (Lipinski definition) is 0. The Bertz CT molecular complexity index is 544. The average molecular weight is 260 g/mol. The smallest absolute Gasteiger partial charge is 0.128 e. The van der Waals surface area contributed by atoms with E-state index < -0.39 is 0 Å². The fourth-order valence-corrected chi connectivity index (χ4v) is 2.63. The van der Waals surface area contributed by atoms with Crippen LogP contribution in [-0.4, -0.2) is 23.1 Å². The molecule has 102 valence electrons. The van der Waals surface area contributed by atoms with Gasteiger partial charge in [0.1, 0.15) is 17.8 Å². The van der Waals surface area contributed by atoms with Gasteiger partial charge in [-0.05, 0) is 32.0 Å². The standard InChI is InChI=1S/C15H20N2O2/c1-11(15-4-3-12(2)19-15)5-7-17-8-6-14-13(9-17)10-18-16-14/h3-4,10-11H,5-9H2,1-2H3/t11-/m1/s1. The molecule has 0 bridgehead atoms. The molecule has 0 saturated heterocycles. The average Bonchev–Trinajstić information content (AvgIpc) is 3.03. The van der Waals surface area contributed by atoms with Crippen LogP contribution >= 0.6 is 0 Å². The molecule has 4 heteroatoms. The summed E-state index contributed by atoms with van der Waals surface area (Å²) in [6.07, 6.45) is 3.90. The second-order valence-electron chi connectivity index (χ2n) is 5.45. The fraction of sp³-hybridized carbons (Fsp3) is 0.533. The van der Waals surface area contributed by atoms with Crippen molar-refractivity contribution in [2.24, 2.45) is 0 Å². The summed E-state index contributed by atoms with van der Waals surface area (Å²) in [5, 5.41) is 4.02. The molecule has 0 unspecified atom stereocenters. The van der Waals surface area contributed by atoms with Crippen LogP contribution in [0.25, 0.3) is 0 Å². The van der Waals surface area contributed by atoms with Gasteiger partial charge < -0.3 is 8.94 Å². The molecule has 0 aliphatic carbocycles. The van der Waals surface area contributed by atoms with Gasteiger partial charge in [0.05, 0.1) is 5.69 Å². The van der Waals surface area contributed by atoms with Crippen molar-refractivity contribution in [1.29, 1.82) is 0 Å². The maximum Gasteiger partial charge on any atom is 0.128 e. The molecular weight excluding hydrogens is 240 g/mol. The zero-order valence-corrected chi connectivity index (χ0v) is 11.6. The molecule has 2 aromatic heterocycles. The van der Waals surface area contributed by atoms with Crippen molar-refractivity contribution in [3.63, 3.8) is 0 Å². The van der Waals surface area contributed by atoms with Gasteiger partial charge in [-0.15, -0.1) is 0 Å². The Balaban J connectivity index is 1.53. The van der Waals surface area contributed by atoms with E-state index in [4.69, 9.17) is 8.94 Å². The van der Waals surface area contributed by atoms with E-state index in [0.29, 0.717) is 5.92 Å². The van der Waals surface area contributed by atoms with E-state index in [9.17, 15) is 0 Å². The predicted octanol–water partition coefficient (Wildman–Crippen LogP) is 3.13. The third kappa shape index (κ3) is 2.73. The number of rotatable bonds is 4. The highest BCUT2D eigenvalue weighted by atomic mass is 16.5. The van der Waals surface area contributed by atoms with Crippen LogP contribution in [0.4, 0.5) is 0 Å². The second kappa shape index (κ2) is 5.21. The lowest BCUT2D eigenvalue weighted by Gasteiger charge is -2.26. The topological polar surface area (TPSA) is 42.4 Å². The van der Waals surface area contributed by atoms with E-state index in [2.05, 4.69) is 23.0 Å². The summed E-state index contributed by atoms with van der Waals surface area (Å²) >= 11 is 0. The SMILES string of the molecule is Cc1ccc([C@H](C)CCN2CCc3nocc3C2)o1. The van der Waals surface area contributed by atoms with Gasteiger partial charge in [-0.3, -0.25) is 4.90 Å². The van der Waals surface area contributed by atoms with Crippen molar-refractivity contribution in [3.05, 3.63) is 41.2 Å². The second-order valence-corrected chi connectivity index (χ2v) is 5.45. The molecule has 19 heavy (non-hydrogen) atoms. The maximum absolute atomic E-state index is 5.69. The zero-order chi connectivity index (χ0) is 13.2. The van der Waals surface area contributed by atoms with E-state index >= 15 is 0 Å². The van der Waals surface area contributed by atoms with E-state index in [0.717, 1.165) is 49.7 Å². The van der Waals surface area contributed by atoms with Gasteiger partial charge in [-0.25, -0.2) is 0 Å². The molecule has 3 heterocycles. The van der Waals surface area contributed by atoms with Crippen LogP contribution in [-0.2, 0) is 13.0 Å². The highest BCUT2D eigenvalue weighted by Gasteiger charge is 2.20. The molecule has 3 rings (SSSR count). The van der Waals surface area contributed by atoms with Crippen LogP contribution < -0.4 is 0 Å². The molecule has 0 N–H and O–H groups in total. The lowest BCUT2D eigenvalue weighted by Crippen LogP contribution is -2.31. The van der Waals surface area contributed by atoms with Crippen LogP contribution in [0.2, 0.25) is 0 Å². The number of nitrogens with zero attached hydrogens (tertiary/aromatic N) is 2. The first kappa shape index (κ1) is 12.5. The first-order valence-electron chi connectivity index (χ1n) is 6.93. The highest BCUT2D eigenvalue weighted by Crippen LogP contribution is 2.23. The molecule has 0 saturated carbocycles. The number of aryl methyl sites for hydroxylation is 1. The molecule has 0 fully saturated rings.